The lowest BCUT2D eigenvalue weighted by Crippen LogP contribution is -2.21. The standard InChI is InChI=1S/C12H20O5.C10H16O5/c1-12(2)16-9(11(14)17-12)7-5-4-6-8-10(13)15-3;1-10(2)14-7(9(13)15-10)5-3-4-6-8(11)12/h9H,4-8H2,1-3H3;7H,3-6H2,1-2H3,(H,11,12). The van der Waals surface area contributed by atoms with Crippen LogP contribution in [0.5, 0.6) is 0 Å². The molecule has 0 amide bonds. The topological polar surface area (TPSA) is 135 Å². The first-order valence-corrected chi connectivity index (χ1v) is 10.9. The van der Waals surface area contributed by atoms with Crippen molar-refractivity contribution in [1.82, 2.24) is 0 Å². The molecule has 0 spiro atoms. The van der Waals surface area contributed by atoms with Crippen LogP contribution in [0.25, 0.3) is 0 Å². The molecule has 0 aromatic rings. The molecule has 10 nitrogen and oxygen atoms in total. The molecule has 2 atom stereocenters. The van der Waals surface area contributed by atoms with Crippen molar-refractivity contribution in [2.24, 2.45) is 0 Å². The van der Waals surface area contributed by atoms with Gasteiger partial charge in [0.05, 0.1) is 7.11 Å². The quantitative estimate of drug-likeness (QED) is 0.278. The lowest BCUT2D eigenvalue weighted by Gasteiger charge is -2.15. The zero-order valence-electron chi connectivity index (χ0n) is 19.6. The Morgan fingerprint density at radius 1 is 0.812 bits per heavy atom. The van der Waals surface area contributed by atoms with Gasteiger partial charge in [0.15, 0.2) is 12.2 Å². The number of esters is 3. The summed E-state index contributed by atoms with van der Waals surface area (Å²) in [7, 11) is 1.38. The normalized spacial score (nSPS) is 23.0. The number of ether oxygens (including phenoxy) is 5. The Bertz CT molecular complexity index is 655. The summed E-state index contributed by atoms with van der Waals surface area (Å²) >= 11 is 0. The largest absolute Gasteiger partial charge is 0.481 e. The summed E-state index contributed by atoms with van der Waals surface area (Å²) in [6.07, 6.45) is 4.44. The molecule has 2 saturated heterocycles. The van der Waals surface area contributed by atoms with Gasteiger partial charge in [0, 0.05) is 40.5 Å². The predicted octanol–water partition coefficient (Wildman–Crippen LogP) is 3.10. The molecule has 2 fully saturated rings. The number of methoxy groups -OCH3 is 1. The third kappa shape index (κ3) is 10.9. The van der Waals surface area contributed by atoms with Crippen LogP contribution in [0.1, 0.15) is 85.5 Å². The monoisotopic (exact) mass is 460 g/mol. The van der Waals surface area contributed by atoms with Crippen molar-refractivity contribution in [3.05, 3.63) is 0 Å². The van der Waals surface area contributed by atoms with Crippen LogP contribution >= 0.6 is 0 Å². The van der Waals surface area contributed by atoms with Crippen molar-refractivity contribution in [3.8, 4) is 0 Å². The molecule has 1 N–H and O–H groups in total. The Kier molecular flexibility index (Phi) is 11.1. The summed E-state index contributed by atoms with van der Waals surface area (Å²) in [6, 6.07) is 0. The third-order valence-corrected chi connectivity index (χ3v) is 4.75. The van der Waals surface area contributed by atoms with E-state index in [1.165, 1.54) is 7.11 Å². The molecule has 2 rings (SSSR count). The number of carbonyl (C=O) groups is 4. The Morgan fingerprint density at radius 2 is 1.25 bits per heavy atom. The molecule has 2 heterocycles. The highest BCUT2D eigenvalue weighted by Gasteiger charge is 2.41. The van der Waals surface area contributed by atoms with Crippen molar-refractivity contribution >= 4 is 23.9 Å². The van der Waals surface area contributed by atoms with E-state index in [4.69, 9.17) is 24.1 Å². The SMILES string of the molecule is CC1(C)OC(=O)C(CCCCC(=O)O)O1.COC(=O)CCCCCC1OC(C)(C)OC1=O. The highest BCUT2D eigenvalue weighted by molar-refractivity contribution is 5.77. The zero-order valence-corrected chi connectivity index (χ0v) is 19.6. The Balaban J connectivity index is 0.000000323. The van der Waals surface area contributed by atoms with Gasteiger partial charge in [-0.05, 0) is 32.1 Å². The van der Waals surface area contributed by atoms with E-state index in [9.17, 15) is 19.2 Å². The van der Waals surface area contributed by atoms with Crippen LogP contribution < -0.4 is 0 Å². The van der Waals surface area contributed by atoms with Crippen LogP contribution in [0, 0.1) is 0 Å². The van der Waals surface area contributed by atoms with E-state index in [0.29, 0.717) is 32.1 Å². The average Bonchev–Trinajstić information content (AvgIpc) is 3.10. The van der Waals surface area contributed by atoms with Gasteiger partial charge in [0.25, 0.3) is 0 Å². The van der Waals surface area contributed by atoms with Gasteiger partial charge in [-0.3, -0.25) is 9.59 Å². The van der Waals surface area contributed by atoms with Gasteiger partial charge < -0.3 is 28.8 Å². The van der Waals surface area contributed by atoms with Gasteiger partial charge in [-0.25, -0.2) is 9.59 Å². The van der Waals surface area contributed by atoms with Crippen molar-refractivity contribution in [2.45, 2.75) is 109 Å². The van der Waals surface area contributed by atoms with Crippen LogP contribution in [0.15, 0.2) is 0 Å². The second-order valence-electron chi connectivity index (χ2n) is 8.67. The van der Waals surface area contributed by atoms with E-state index in [1.807, 2.05) is 0 Å². The molecular formula is C22H36O10. The molecule has 2 aliphatic heterocycles. The summed E-state index contributed by atoms with van der Waals surface area (Å²) in [5.41, 5.74) is 0. The molecule has 0 aliphatic carbocycles. The minimum Gasteiger partial charge on any atom is -0.481 e. The van der Waals surface area contributed by atoms with Crippen molar-refractivity contribution in [1.29, 1.82) is 0 Å². The number of carbonyl (C=O) groups excluding carboxylic acids is 3. The van der Waals surface area contributed by atoms with Crippen LogP contribution in [0.3, 0.4) is 0 Å². The molecule has 0 aromatic heterocycles. The summed E-state index contributed by atoms with van der Waals surface area (Å²) < 4.78 is 25.3. The fourth-order valence-electron chi connectivity index (χ4n) is 3.28. The molecule has 2 unspecified atom stereocenters. The number of unbranched alkanes of at least 4 members (excludes halogenated alkanes) is 3. The van der Waals surface area contributed by atoms with Crippen molar-refractivity contribution < 1.29 is 48.0 Å². The molecule has 0 bridgehead atoms. The molecule has 0 radical (unpaired) electrons. The van der Waals surface area contributed by atoms with Crippen LogP contribution in [0.2, 0.25) is 0 Å². The zero-order chi connectivity index (χ0) is 24.4. The lowest BCUT2D eigenvalue weighted by atomic mass is 10.1. The lowest BCUT2D eigenvalue weighted by molar-refractivity contribution is -0.162. The van der Waals surface area contributed by atoms with E-state index >= 15 is 0 Å². The summed E-state index contributed by atoms with van der Waals surface area (Å²) in [5, 5.41) is 8.42. The molecule has 2 aliphatic rings. The van der Waals surface area contributed by atoms with Gasteiger partial charge >= 0.3 is 23.9 Å². The number of cyclic esters (lactones) is 2. The first kappa shape index (κ1) is 27.8. The van der Waals surface area contributed by atoms with Crippen molar-refractivity contribution in [2.75, 3.05) is 7.11 Å². The maximum absolute atomic E-state index is 11.4. The Labute approximate surface area is 188 Å². The number of aliphatic carboxylic acids is 1. The number of carboxylic acids is 1. The van der Waals surface area contributed by atoms with Crippen LogP contribution in [0.4, 0.5) is 0 Å². The first-order valence-electron chi connectivity index (χ1n) is 10.9. The number of carboxylic acid groups (broad SMARTS) is 1. The molecule has 10 heteroatoms. The Hall–Kier alpha value is -2.20. The third-order valence-electron chi connectivity index (χ3n) is 4.75. The minimum absolute atomic E-state index is 0.130. The van der Waals surface area contributed by atoms with E-state index in [-0.39, 0.29) is 24.3 Å². The van der Waals surface area contributed by atoms with E-state index in [1.54, 1.807) is 27.7 Å². The van der Waals surface area contributed by atoms with E-state index < -0.39 is 29.8 Å². The fourth-order valence-corrected chi connectivity index (χ4v) is 3.28. The minimum atomic E-state index is -0.839. The fraction of sp³-hybridized carbons (Fsp3) is 0.818. The van der Waals surface area contributed by atoms with Gasteiger partial charge in [0.1, 0.15) is 0 Å². The molecular weight excluding hydrogens is 424 g/mol. The molecule has 32 heavy (non-hydrogen) atoms. The molecule has 0 saturated carbocycles. The maximum Gasteiger partial charge on any atom is 0.337 e. The predicted molar refractivity (Wildman–Crippen MR) is 111 cm³/mol. The highest BCUT2D eigenvalue weighted by Crippen LogP contribution is 2.27. The van der Waals surface area contributed by atoms with E-state index in [2.05, 4.69) is 4.74 Å². The maximum atomic E-state index is 11.4. The van der Waals surface area contributed by atoms with E-state index in [0.717, 1.165) is 19.3 Å². The Morgan fingerprint density at radius 3 is 1.62 bits per heavy atom. The number of rotatable bonds is 11. The van der Waals surface area contributed by atoms with Crippen LogP contribution in [-0.2, 0) is 42.9 Å². The number of hydrogen-bond donors (Lipinski definition) is 1. The van der Waals surface area contributed by atoms with Gasteiger partial charge in [-0.1, -0.05) is 12.8 Å². The molecule has 0 aromatic carbocycles. The van der Waals surface area contributed by atoms with Gasteiger partial charge in [0.2, 0.25) is 11.6 Å². The van der Waals surface area contributed by atoms with Gasteiger partial charge in [-0.2, -0.15) is 0 Å². The summed E-state index contributed by atoms with van der Waals surface area (Å²) in [4.78, 5) is 43.7. The van der Waals surface area contributed by atoms with Crippen LogP contribution in [-0.4, -0.2) is 59.9 Å². The molecule has 184 valence electrons. The number of hydrogen-bond acceptors (Lipinski definition) is 9. The average molecular weight is 461 g/mol. The summed E-state index contributed by atoms with van der Waals surface area (Å²) in [5.74, 6) is -3.28. The van der Waals surface area contributed by atoms with Crippen molar-refractivity contribution in [3.63, 3.8) is 0 Å². The second-order valence-corrected chi connectivity index (χ2v) is 8.67. The second kappa shape index (κ2) is 12.7. The first-order chi connectivity index (χ1) is 14.8. The highest BCUT2D eigenvalue weighted by atomic mass is 16.8. The smallest absolute Gasteiger partial charge is 0.337 e. The summed E-state index contributed by atoms with van der Waals surface area (Å²) in [6.45, 7) is 6.81. The van der Waals surface area contributed by atoms with Gasteiger partial charge in [-0.15, -0.1) is 0 Å².